The molecule has 0 aliphatic rings. The van der Waals surface area contributed by atoms with E-state index in [1.165, 1.54) is 81.8 Å². The Hall–Kier alpha value is -2.88. The van der Waals surface area contributed by atoms with Gasteiger partial charge in [-0.3, -0.25) is 10.8 Å². The van der Waals surface area contributed by atoms with Crippen molar-refractivity contribution in [2.24, 2.45) is 17.4 Å². The molecule has 0 aliphatic heterocycles. The summed E-state index contributed by atoms with van der Waals surface area (Å²) in [7, 11) is 0. The molecule has 1 atom stereocenters. The van der Waals surface area contributed by atoms with Crippen molar-refractivity contribution in [3.05, 3.63) is 77.4 Å². The minimum atomic E-state index is 0.112. The Balaban J connectivity index is 1.55. The third kappa shape index (κ3) is 10.9. The number of nitrogen functional groups attached to an aromatic ring is 2. The maximum Gasteiger partial charge on any atom is 0.122 e. The van der Waals surface area contributed by atoms with Crippen molar-refractivity contribution in [2.45, 2.75) is 90.4 Å². The monoisotopic (exact) mass is 474 g/mol. The molecule has 0 saturated carbocycles. The zero-order chi connectivity index (χ0) is 25.5. The molecule has 0 amide bonds. The summed E-state index contributed by atoms with van der Waals surface area (Å²) in [5, 5.41) is 15.0. The second-order valence-electron chi connectivity index (χ2n) is 9.91. The fourth-order valence-corrected chi connectivity index (χ4v) is 4.79. The molecular weight excluding hydrogens is 428 g/mol. The second-order valence-corrected chi connectivity index (χ2v) is 9.91. The lowest BCUT2D eigenvalue weighted by molar-refractivity contribution is 0.381. The first-order chi connectivity index (χ1) is 16.9. The second kappa shape index (κ2) is 15.9. The minimum Gasteiger partial charge on any atom is -0.384 e. The molecular formula is C31H46N4. The molecule has 2 aromatic rings. The van der Waals surface area contributed by atoms with Crippen LogP contribution in [0.2, 0.25) is 0 Å². The van der Waals surface area contributed by atoms with Crippen LogP contribution in [-0.2, 0) is 6.42 Å². The number of hydrogen-bond acceptors (Lipinski definition) is 2. The van der Waals surface area contributed by atoms with Crippen molar-refractivity contribution >= 4 is 17.2 Å². The molecule has 0 saturated heterocycles. The molecule has 0 bridgehead atoms. The lowest BCUT2D eigenvalue weighted by Gasteiger charge is -2.16. The fraction of sp³-hybridized carbons (Fsp3) is 0.484. The van der Waals surface area contributed by atoms with Gasteiger partial charge in [0.2, 0.25) is 0 Å². The van der Waals surface area contributed by atoms with Crippen LogP contribution in [0.15, 0.2) is 55.1 Å². The highest BCUT2D eigenvalue weighted by molar-refractivity contribution is 5.95. The summed E-state index contributed by atoms with van der Waals surface area (Å²) in [6.07, 6.45) is 16.5. The lowest BCUT2D eigenvalue weighted by atomic mass is 9.90. The van der Waals surface area contributed by atoms with Crippen molar-refractivity contribution in [3.63, 3.8) is 0 Å². The van der Waals surface area contributed by atoms with Crippen LogP contribution in [0, 0.1) is 16.7 Å². The van der Waals surface area contributed by atoms with Gasteiger partial charge in [-0.25, -0.2) is 0 Å². The van der Waals surface area contributed by atoms with Crippen LogP contribution in [0.4, 0.5) is 0 Å². The van der Waals surface area contributed by atoms with Gasteiger partial charge < -0.3 is 11.5 Å². The van der Waals surface area contributed by atoms with Crippen LogP contribution in [0.5, 0.6) is 0 Å². The molecule has 4 nitrogen and oxygen atoms in total. The molecule has 0 fully saturated rings. The van der Waals surface area contributed by atoms with Crippen LogP contribution in [0.1, 0.15) is 106 Å². The number of nitrogens with two attached hydrogens (primary N) is 2. The smallest absolute Gasteiger partial charge is 0.122 e. The molecule has 6 N–H and O–H groups in total. The van der Waals surface area contributed by atoms with Gasteiger partial charge in [-0.1, -0.05) is 120 Å². The first kappa shape index (κ1) is 28.4. The van der Waals surface area contributed by atoms with Crippen LogP contribution in [-0.4, -0.2) is 11.7 Å². The molecule has 2 rings (SSSR count). The summed E-state index contributed by atoms with van der Waals surface area (Å²) >= 11 is 0. The van der Waals surface area contributed by atoms with E-state index in [4.69, 9.17) is 22.3 Å². The van der Waals surface area contributed by atoms with Crippen LogP contribution in [0.3, 0.4) is 0 Å². The summed E-state index contributed by atoms with van der Waals surface area (Å²) in [6, 6.07) is 16.0. The highest BCUT2D eigenvalue weighted by atomic mass is 14.7. The summed E-state index contributed by atoms with van der Waals surface area (Å²) in [6.45, 7) is 6.55. The topological polar surface area (TPSA) is 99.7 Å². The molecule has 1 unspecified atom stereocenters. The predicted octanol–water partition coefficient (Wildman–Crippen LogP) is 7.83. The van der Waals surface area contributed by atoms with Gasteiger partial charge in [0.15, 0.2) is 0 Å². The van der Waals surface area contributed by atoms with Gasteiger partial charge >= 0.3 is 0 Å². The number of benzene rings is 2. The number of hydrogen-bond donors (Lipinski definition) is 4. The van der Waals surface area contributed by atoms with Gasteiger partial charge in [0.1, 0.15) is 11.7 Å². The van der Waals surface area contributed by atoms with Crippen molar-refractivity contribution in [1.29, 1.82) is 10.8 Å². The summed E-state index contributed by atoms with van der Waals surface area (Å²) in [5.41, 5.74) is 16.3. The zero-order valence-electron chi connectivity index (χ0n) is 21.8. The van der Waals surface area contributed by atoms with Gasteiger partial charge in [0.25, 0.3) is 0 Å². The third-order valence-corrected chi connectivity index (χ3v) is 6.98. The number of rotatable bonds is 18. The van der Waals surface area contributed by atoms with E-state index < -0.39 is 0 Å². The number of allylic oxidation sites excluding steroid dienone is 1. The predicted molar refractivity (Wildman–Crippen MR) is 152 cm³/mol. The van der Waals surface area contributed by atoms with Crippen LogP contribution >= 0.6 is 0 Å². The Kier molecular flexibility index (Phi) is 12.9. The first-order valence-electron chi connectivity index (χ1n) is 13.5. The highest BCUT2D eigenvalue weighted by Gasteiger charge is 2.08. The number of unbranched alkanes of at least 4 members (excludes halogenated alkanes) is 5. The zero-order valence-corrected chi connectivity index (χ0v) is 21.8. The van der Waals surface area contributed by atoms with Crippen molar-refractivity contribution in [1.82, 2.24) is 0 Å². The molecule has 0 aromatic heterocycles. The van der Waals surface area contributed by atoms with E-state index >= 15 is 0 Å². The van der Waals surface area contributed by atoms with Gasteiger partial charge in [-0.15, -0.1) is 0 Å². The van der Waals surface area contributed by atoms with E-state index in [0.29, 0.717) is 0 Å². The molecule has 2 aromatic carbocycles. The maximum atomic E-state index is 7.49. The van der Waals surface area contributed by atoms with Crippen molar-refractivity contribution in [2.75, 3.05) is 0 Å². The van der Waals surface area contributed by atoms with E-state index in [9.17, 15) is 0 Å². The van der Waals surface area contributed by atoms with Gasteiger partial charge in [-0.05, 0) is 48.3 Å². The van der Waals surface area contributed by atoms with E-state index in [0.717, 1.165) is 35.4 Å². The highest BCUT2D eigenvalue weighted by Crippen LogP contribution is 2.24. The Morgan fingerprint density at radius 1 is 0.686 bits per heavy atom. The Labute approximate surface area is 213 Å². The number of aryl methyl sites for hydroxylation is 1. The molecule has 190 valence electrons. The van der Waals surface area contributed by atoms with Gasteiger partial charge in [0, 0.05) is 11.1 Å². The summed E-state index contributed by atoms with van der Waals surface area (Å²) < 4.78 is 0. The molecule has 0 radical (unpaired) electrons. The molecule has 0 heterocycles. The van der Waals surface area contributed by atoms with E-state index in [1.807, 2.05) is 36.4 Å². The Bertz CT molecular complexity index is 912. The SMILES string of the molecule is C=C(CCCCCCCC(CCC)CCCCc1ccc(C(=N)N)cc1)c1ccc(C(=N)N)cc1. The van der Waals surface area contributed by atoms with E-state index in [1.54, 1.807) is 0 Å². The van der Waals surface area contributed by atoms with Gasteiger partial charge in [0.05, 0.1) is 0 Å². The number of amidine groups is 2. The molecule has 0 aliphatic carbocycles. The van der Waals surface area contributed by atoms with E-state index in [2.05, 4.69) is 25.6 Å². The molecule has 4 heteroatoms. The summed E-state index contributed by atoms with van der Waals surface area (Å²) in [4.78, 5) is 0. The minimum absolute atomic E-state index is 0.112. The first-order valence-corrected chi connectivity index (χ1v) is 13.5. The quantitative estimate of drug-likeness (QED) is 0.100. The summed E-state index contributed by atoms with van der Waals surface area (Å²) in [5.74, 6) is 1.13. The fourth-order valence-electron chi connectivity index (χ4n) is 4.79. The molecule has 0 spiro atoms. The maximum absolute atomic E-state index is 7.49. The van der Waals surface area contributed by atoms with Crippen molar-refractivity contribution in [3.8, 4) is 0 Å². The normalized spacial score (nSPS) is 11.8. The van der Waals surface area contributed by atoms with Crippen molar-refractivity contribution < 1.29 is 0 Å². The average Bonchev–Trinajstić information content (AvgIpc) is 2.86. The van der Waals surface area contributed by atoms with Gasteiger partial charge in [-0.2, -0.15) is 0 Å². The third-order valence-electron chi connectivity index (χ3n) is 6.98. The van der Waals surface area contributed by atoms with Crippen LogP contribution in [0.25, 0.3) is 5.57 Å². The molecule has 35 heavy (non-hydrogen) atoms. The number of nitrogens with one attached hydrogen (secondary N) is 2. The lowest BCUT2D eigenvalue weighted by Crippen LogP contribution is -2.10. The largest absolute Gasteiger partial charge is 0.384 e. The van der Waals surface area contributed by atoms with Crippen LogP contribution < -0.4 is 11.5 Å². The standard InChI is InChI=1S/C31H46N4/c1-3-11-25(14-9-10-15-26-16-18-28(19-17-26)30(32)33)13-8-6-4-5-7-12-24(2)27-20-22-29(23-21-27)31(34)35/h16-23,25H,2-15H2,1H3,(H3,32,33)(H3,34,35). The average molecular weight is 475 g/mol. The Morgan fingerprint density at radius 2 is 1.17 bits per heavy atom. The van der Waals surface area contributed by atoms with E-state index in [-0.39, 0.29) is 11.7 Å². The Morgan fingerprint density at radius 3 is 1.74 bits per heavy atom.